The Labute approximate surface area is 144 Å². The standard InChI is InChI=1S/C20H17NO4/c22-19-16-9-8-15(25-12-13-4-2-1-3-5-13)10-18(16)21(14-6-7-14)11-17(19)20(23)24/h1-5,8-11,14H,6-7,12H2,(H,23,24). The summed E-state index contributed by atoms with van der Waals surface area (Å²) in [6.07, 6.45) is 3.45. The summed E-state index contributed by atoms with van der Waals surface area (Å²) in [6, 6.07) is 15.3. The van der Waals surface area contributed by atoms with Crippen molar-refractivity contribution < 1.29 is 14.6 Å². The fourth-order valence-electron chi connectivity index (χ4n) is 2.97. The molecule has 25 heavy (non-hydrogen) atoms. The van der Waals surface area contributed by atoms with Crippen LogP contribution in [0.25, 0.3) is 10.9 Å². The minimum absolute atomic E-state index is 0.183. The number of rotatable bonds is 5. The van der Waals surface area contributed by atoms with E-state index in [0.29, 0.717) is 17.7 Å². The van der Waals surface area contributed by atoms with E-state index < -0.39 is 11.4 Å². The Hall–Kier alpha value is -3.08. The zero-order chi connectivity index (χ0) is 17.4. The SMILES string of the molecule is O=C(O)c1cn(C2CC2)c2cc(OCc3ccccc3)ccc2c1=O. The summed E-state index contributed by atoms with van der Waals surface area (Å²) in [5.41, 5.74) is 1.15. The summed E-state index contributed by atoms with van der Waals surface area (Å²) in [5, 5.41) is 9.69. The Bertz CT molecular complexity index is 1000. The van der Waals surface area contributed by atoms with E-state index in [4.69, 9.17) is 4.74 Å². The fourth-order valence-corrected chi connectivity index (χ4v) is 2.97. The third kappa shape index (κ3) is 3.01. The molecule has 1 N–H and O–H groups in total. The second-order valence-electron chi connectivity index (χ2n) is 6.27. The van der Waals surface area contributed by atoms with Gasteiger partial charge in [0.25, 0.3) is 0 Å². The van der Waals surface area contributed by atoms with E-state index in [-0.39, 0.29) is 11.6 Å². The van der Waals surface area contributed by atoms with E-state index >= 15 is 0 Å². The molecule has 4 rings (SSSR count). The average Bonchev–Trinajstić information content (AvgIpc) is 3.46. The summed E-state index contributed by atoms with van der Waals surface area (Å²) in [5.74, 6) is -0.529. The number of hydrogen-bond donors (Lipinski definition) is 1. The number of benzene rings is 2. The number of aromatic nitrogens is 1. The largest absolute Gasteiger partial charge is 0.489 e. The lowest BCUT2D eigenvalue weighted by Gasteiger charge is -2.13. The topological polar surface area (TPSA) is 68.5 Å². The van der Waals surface area contributed by atoms with Crippen LogP contribution in [0.3, 0.4) is 0 Å². The second kappa shape index (κ2) is 6.09. The molecule has 126 valence electrons. The average molecular weight is 335 g/mol. The molecule has 5 heteroatoms. The number of ether oxygens (including phenoxy) is 1. The monoisotopic (exact) mass is 335 g/mol. The molecule has 1 heterocycles. The molecular formula is C20H17NO4. The Kier molecular flexibility index (Phi) is 3.76. The second-order valence-corrected chi connectivity index (χ2v) is 6.27. The van der Waals surface area contributed by atoms with E-state index in [1.807, 2.05) is 41.0 Å². The van der Waals surface area contributed by atoms with Crippen LogP contribution >= 0.6 is 0 Å². The van der Waals surface area contributed by atoms with E-state index in [2.05, 4.69) is 0 Å². The molecule has 0 amide bonds. The van der Waals surface area contributed by atoms with Crippen molar-refractivity contribution in [2.75, 3.05) is 0 Å². The van der Waals surface area contributed by atoms with Crippen molar-refractivity contribution in [3.8, 4) is 5.75 Å². The number of aromatic carboxylic acids is 1. The Morgan fingerprint density at radius 1 is 1.16 bits per heavy atom. The number of nitrogens with zero attached hydrogens (tertiary/aromatic N) is 1. The first-order chi connectivity index (χ1) is 12.1. The fraction of sp³-hybridized carbons (Fsp3) is 0.200. The first kappa shape index (κ1) is 15.4. The molecule has 1 aliphatic rings. The minimum Gasteiger partial charge on any atom is -0.489 e. The lowest BCUT2D eigenvalue weighted by atomic mass is 10.1. The molecule has 0 unspecified atom stereocenters. The van der Waals surface area contributed by atoms with Crippen molar-refractivity contribution in [2.45, 2.75) is 25.5 Å². The Morgan fingerprint density at radius 2 is 1.92 bits per heavy atom. The number of carboxylic acids is 1. The lowest BCUT2D eigenvalue weighted by Crippen LogP contribution is -2.18. The van der Waals surface area contributed by atoms with Crippen LogP contribution in [-0.4, -0.2) is 15.6 Å². The molecule has 1 saturated carbocycles. The summed E-state index contributed by atoms with van der Waals surface area (Å²) in [6.45, 7) is 0.438. The van der Waals surface area contributed by atoms with E-state index in [0.717, 1.165) is 23.9 Å². The highest BCUT2D eigenvalue weighted by atomic mass is 16.5. The van der Waals surface area contributed by atoms with Crippen molar-refractivity contribution in [3.63, 3.8) is 0 Å². The maximum absolute atomic E-state index is 12.4. The highest BCUT2D eigenvalue weighted by molar-refractivity contribution is 5.93. The lowest BCUT2D eigenvalue weighted by molar-refractivity contribution is 0.0695. The van der Waals surface area contributed by atoms with Crippen LogP contribution in [0.15, 0.2) is 59.5 Å². The number of carboxylic acid groups (broad SMARTS) is 1. The molecule has 1 fully saturated rings. The summed E-state index contributed by atoms with van der Waals surface area (Å²) in [4.78, 5) is 23.8. The molecule has 1 aromatic heterocycles. The quantitative estimate of drug-likeness (QED) is 0.773. The van der Waals surface area contributed by atoms with Gasteiger partial charge in [-0.3, -0.25) is 4.79 Å². The van der Waals surface area contributed by atoms with Gasteiger partial charge in [-0.25, -0.2) is 4.79 Å². The van der Waals surface area contributed by atoms with Crippen LogP contribution in [0.5, 0.6) is 5.75 Å². The third-order valence-electron chi connectivity index (χ3n) is 4.42. The van der Waals surface area contributed by atoms with Gasteiger partial charge in [-0.2, -0.15) is 0 Å². The zero-order valence-electron chi connectivity index (χ0n) is 13.5. The molecule has 0 bridgehead atoms. The van der Waals surface area contributed by atoms with Crippen molar-refractivity contribution in [2.24, 2.45) is 0 Å². The van der Waals surface area contributed by atoms with Crippen LogP contribution in [-0.2, 0) is 6.61 Å². The van der Waals surface area contributed by atoms with Crippen LogP contribution < -0.4 is 10.2 Å². The first-order valence-electron chi connectivity index (χ1n) is 8.22. The van der Waals surface area contributed by atoms with E-state index in [1.54, 1.807) is 12.1 Å². The molecule has 0 radical (unpaired) electrons. The number of carbonyl (C=O) groups is 1. The van der Waals surface area contributed by atoms with Crippen molar-refractivity contribution in [1.82, 2.24) is 4.57 Å². The third-order valence-corrected chi connectivity index (χ3v) is 4.42. The van der Waals surface area contributed by atoms with Crippen LogP contribution in [0, 0.1) is 0 Å². The molecule has 5 nitrogen and oxygen atoms in total. The molecule has 2 aromatic carbocycles. The minimum atomic E-state index is -1.19. The van der Waals surface area contributed by atoms with Crippen LogP contribution in [0.1, 0.15) is 34.8 Å². The van der Waals surface area contributed by atoms with Crippen molar-refractivity contribution in [3.05, 3.63) is 76.1 Å². The molecule has 0 atom stereocenters. The molecule has 0 saturated heterocycles. The molecule has 3 aromatic rings. The highest BCUT2D eigenvalue weighted by Crippen LogP contribution is 2.37. The Balaban J connectivity index is 1.74. The van der Waals surface area contributed by atoms with Gasteiger partial charge in [0.1, 0.15) is 17.9 Å². The summed E-state index contributed by atoms with van der Waals surface area (Å²) >= 11 is 0. The van der Waals surface area contributed by atoms with Crippen molar-refractivity contribution >= 4 is 16.9 Å². The number of hydrogen-bond acceptors (Lipinski definition) is 3. The maximum Gasteiger partial charge on any atom is 0.341 e. The smallest absolute Gasteiger partial charge is 0.341 e. The predicted molar refractivity (Wildman–Crippen MR) is 94.2 cm³/mol. The van der Waals surface area contributed by atoms with E-state index in [9.17, 15) is 14.7 Å². The molecule has 0 aliphatic heterocycles. The molecular weight excluding hydrogens is 318 g/mol. The molecule has 1 aliphatic carbocycles. The van der Waals surface area contributed by atoms with Gasteiger partial charge >= 0.3 is 5.97 Å². The highest BCUT2D eigenvalue weighted by Gasteiger charge is 2.26. The van der Waals surface area contributed by atoms with Gasteiger partial charge in [0.15, 0.2) is 0 Å². The first-order valence-corrected chi connectivity index (χ1v) is 8.22. The number of pyridine rings is 1. The van der Waals surface area contributed by atoms with Crippen LogP contribution in [0.4, 0.5) is 0 Å². The van der Waals surface area contributed by atoms with Crippen molar-refractivity contribution in [1.29, 1.82) is 0 Å². The van der Waals surface area contributed by atoms with Gasteiger partial charge in [0.2, 0.25) is 5.43 Å². The van der Waals surface area contributed by atoms with Gasteiger partial charge in [-0.15, -0.1) is 0 Å². The Morgan fingerprint density at radius 3 is 2.60 bits per heavy atom. The van der Waals surface area contributed by atoms with Gasteiger partial charge < -0.3 is 14.4 Å². The van der Waals surface area contributed by atoms with Gasteiger partial charge in [0, 0.05) is 23.7 Å². The van der Waals surface area contributed by atoms with Gasteiger partial charge in [-0.1, -0.05) is 30.3 Å². The maximum atomic E-state index is 12.4. The zero-order valence-corrected chi connectivity index (χ0v) is 13.5. The van der Waals surface area contributed by atoms with Gasteiger partial charge in [-0.05, 0) is 30.5 Å². The molecule has 0 spiro atoms. The summed E-state index contributed by atoms with van der Waals surface area (Å²) in [7, 11) is 0. The summed E-state index contributed by atoms with van der Waals surface area (Å²) < 4.78 is 7.74. The predicted octanol–water partition coefficient (Wildman–Crippen LogP) is 3.61. The number of fused-ring (bicyclic) bond motifs is 1. The van der Waals surface area contributed by atoms with Gasteiger partial charge in [0.05, 0.1) is 5.52 Å². The van der Waals surface area contributed by atoms with E-state index in [1.165, 1.54) is 6.20 Å². The van der Waals surface area contributed by atoms with Crippen LogP contribution in [0.2, 0.25) is 0 Å². The normalized spacial score (nSPS) is 13.8.